The highest BCUT2D eigenvalue weighted by molar-refractivity contribution is 6.10. The van der Waals surface area contributed by atoms with Gasteiger partial charge in [0, 0.05) is 5.69 Å². The minimum Gasteiger partial charge on any atom is -0.495 e. The number of nitrogens with one attached hydrogen (secondary N) is 2. The number of carbonyl (C=O) groups is 2. The molecule has 3 rings (SSSR count). The lowest BCUT2D eigenvalue weighted by molar-refractivity contribution is -0.118. The number of amides is 2. The van der Waals surface area contributed by atoms with Gasteiger partial charge in [0.15, 0.2) is 18.1 Å². The molecule has 35 heavy (non-hydrogen) atoms. The molecule has 0 atom stereocenters. The third-order valence-corrected chi connectivity index (χ3v) is 5.00. The van der Waals surface area contributed by atoms with Crippen molar-refractivity contribution in [1.29, 1.82) is 5.26 Å². The van der Waals surface area contributed by atoms with Crippen molar-refractivity contribution in [3.8, 4) is 23.3 Å². The average Bonchev–Trinajstić information content (AvgIpc) is 2.87. The number of benzene rings is 3. The summed E-state index contributed by atoms with van der Waals surface area (Å²) in [6, 6.07) is 21.2. The fraction of sp³-hybridized carbons (Fsp3) is 0.148. The van der Waals surface area contributed by atoms with Gasteiger partial charge in [-0.05, 0) is 54.5 Å². The number of nitriles is 1. The van der Waals surface area contributed by atoms with Crippen LogP contribution in [0, 0.1) is 18.3 Å². The number of para-hydroxylation sites is 3. The number of methoxy groups -OCH3 is 2. The second-order valence-electron chi connectivity index (χ2n) is 7.39. The second kappa shape index (κ2) is 11.9. The molecule has 0 aliphatic rings. The van der Waals surface area contributed by atoms with E-state index in [1.165, 1.54) is 20.3 Å². The van der Waals surface area contributed by atoms with Gasteiger partial charge < -0.3 is 24.8 Å². The van der Waals surface area contributed by atoms with E-state index in [-0.39, 0.29) is 18.1 Å². The summed E-state index contributed by atoms with van der Waals surface area (Å²) in [5.74, 6) is 0.326. The number of anilines is 2. The summed E-state index contributed by atoms with van der Waals surface area (Å²) in [5, 5.41) is 15.0. The molecular weight excluding hydrogens is 446 g/mol. The molecule has 0 heterocycles. The van der Waals surface area contributed by atoms with Crippen LogP contribution in [0.5, 0.6) is 17.2 Å². The number of carbonyl (C=O) groups excluding carboxylic acids is 2. The first-order valence-corrected chi connectivity index (χ1v) is 10.7. The van der Waals surface area contributed by atoms with Crippen molar-refractivity contribution >= 4 is 29.3 Å². The highest BCUT2D eigenvalue weighted by atomic mass is 16.5. The molecule has 3 aromatic rings. The lowest BCUT2D eigenvalue weighted by Gasteiger charge is -2.13. The molecule has 0 aliphatic carbocycles. The average molecular weight is 472 g/mol. The van der Waals surface area contributed by atoms with E-state index in [4.69, 9.17) is 14.2 Å². The first kappa shape index (κ1) is 24.9. The van der Waals surface area contributed by atoms with Crippen molar-refractivity contribution < 1.29 is 23.8 Å². The number of rotatable bonds is 9. The summed E-state index contributed by atoms with van der Waals surface area (Å²) in [4.78, 5) is 24.9. The Bertz CT molecular complexity index is 1290. The molecule has 3 aromatic carbocycles. The molecule has 0 unspecified atom stereocenters. The van der Waals surface area contributed by atoms with Gasteiger partial charge in [-0.25, -0.2) is 0 Å². The fourth-order valence-electron chi connectivity index (χ4n) is 3.19. The van der Waals surface area contributed by atoms with Crippen LogP contribution < -0.4 is 24.8 Å². The van der Waals surface area contributed by atoms with E-state index in [9.17, 15) is 14.9 Å². The molecule has 8 heteroatoms. The molecule has 0 fully saturated rings. The monoisotopic (exact) mass is 471 g/mol. The zero-order valence-electron chi connectivity index (χ0n) is 19.6. The third-order valence-electron chi connectivity index (χ3n) is 5.00. The van der Waals surface area contributed by atoms with Crippen LogP contribution in [0.4, 0.5) is 11.4 Å². The van der Waals surface area contributed by atoms with Crippen molar-refractivity contribution in [2.24, 2.45) is 0 Å². The quantitative estimate of drug-likeness (QED) is 0.349. The van der Waals surface area contributed by atoms with E-state index in [0.717, 1.165) is 5.56 Å². The molecule has 2 N–H and O–H groups in total. The molecule has 0 saturated carbocycles. The van der Waals surface area contributed by atoms with Crippen LogP contribution in [-0.4, -0.2) is 32.6 Å². The van der Waals surface area contributed by atoms with E-state index in [0.29, 0.717) is 34.2 Å². The molecule has 0 bridgehead atoms. The zero-order valence-corrected chi connectivity index (χ0v) is 19.6. The lowest BCUT2D eigenvalue weighted by atomic mass is 10.1. The maximum absolute atomic E-state index is 12.6. The zero-order chi connectivity index (χ0) is 25.2. The van der Waals surface area contributed by atoms with Crippen LogP contribution >= 0.6 is 0 Å². The predicted molar refractivity (Wildman–Crippen MR) is 134 cm³/mol. The van der Waals surface area contributed by atoms with Gasteiger partial charge in [-0.3, -0.25) is 9.59 Å². The topological polar surface area (TPSA) is 110 Å². The molecule has 0 aromatic heterocycles. The first-order valence-electron chi connectivity index (χ1n) is 10.7. The third kappa shape index (κ3) is 6.62. The van der Waals surface area contributed by atoms with E-state index < -0.39 is 5.91 Å². The van der Waals surface area contributed by atoms with Crippen molar-refractivity contribution in [1.82, 2.24) is 0 Å². The van der Waals surface area contributed by atoms with Crippen LogP contribution in [0.2, 0.25) is 0 Å². The summed E-state index contributed by atoms with van der Waals surface area (Å²) in [7, 11) is 2.98. The molecule has 2 amide bonds. The number of ether oxygens (including phenoxy) is 3. The number of aryl methyl sites for hydroxylation is 1. The summed E-state index contributed by atoms with van der Waals surface area (Å²) in [6.07, 6.45) is 1.45. The highest BCUT2D eigenvalue weighted by Crippen LogP contribution is 2.29. The lowest BCUT2D eigenvalue weighted by Crippen LogP contribution is -2.20. The Morgan fingerprint density at radius 3 is 2.26 bits per heavy atom. The molecule has 0 aliphatic heterocycles. The molecule has 8 nitrogen and oxygen atoms in total. The molecular formula is C27H25N3O5. The van der Waals surface area contributed by atoms with Gasteiger partial charge in [0.05, 0.1) is 19.9 Å². The summed E-state index contributed by atoms with van der Waals surface area (Å²) >= 11 is 0. The Labute approximate surface area is 203 Å². The van der Waals surface area contributed by atoms with Gasteiger partial charge in [0.2, 0.25) is 0 Å². The Hall–Kier alpha value is -4.77. The van der Waals surface area contributed by atoms with Crippen LogP contribution in [0.3, 0.4) is 0 Å². The van der Waals surface area contributed by atoms with Crippen molar-refractivity contribution in [3.05, 3.63) is 83.4 Å². The Balaban J connectivity index is 1.69. The SMILES string of the molecule is COc1ccccc1NC(=O)COc1ccc(C=C(C#N)C(=O)Nc2ccccc2C)cc1OC. The van der Waals surface area contributed by atoms with Gasteiger partial charge >= 0.3 is 0 Å². The first-order chi connectivity index (χ1) is 16.9. The smallest absolute Gasteiger partial charge is 0.266 e. The van der Waals surface area contributed by atoms with E-state index in [1.54, 1.807) is 54.6 Å². The van der Waals surface area contributed by atoms with Gasteiger partial charge in [-0.1, -0.05) is 36.4 Å². The van der Waals surface area contributed by atoms with Gasteiger partial charge in [0.1, 0.15) is 17.4 Å². The minimum absolute atomic E-state index is 0.0693. The summed E-state index contributed by atoms with van der Waals surface area (Å²) in [6.45, 7) is 1.61. The second-order valence-corrected chi connectivity index (χ2v) is 7.39. The van der Waals surface area contributed by atoms with E-state index in [1.807, 2.05) is 25.1 Å². The van der Waals surface area contributed by atoms with Crippen molar-refractivity contribution in [2.45, 2.75) is 6.92 Å². The van der Waals surface area contributed by atoms with Crippen LogP contribution in [-0.2, 0) is 9.59 Å². The predicted octanol–water partition coefficient (Wildman–Crippen LogP) is 4.58. The van der Waals surface area contributed by atoms with E-state index >= 15 is 0 Å². The fourth-order valence-corrected chi connectivity index (χ4v) is 3.19. The molecule has 178 valence electrons. The molecule has 0 saturated heterocycles. The Morgan fingerprint density at radius 1 is 0.886 bits per heavy atom. The standard InChI is InChI=1S/C27H25N3O5/c1-18-8-4-5-9-21(18)30-27(32)20(16-28)14-19-12-13-24(25(15-19)34-3)35-17-26(31)29-22-10-6-7-11-23(22)33-2/h4-15H,17H2,1-3H3,(H,29,31)(H,30,32). The Morgan fingerprint density at radius 2 is 1.57 bits per heavy atom. The normalized spacial score (nSPS) is 10.6. The number of hydrogen-bond donors (Lipinski definition) is 2. The minimum atomic E-state index is -0.519. The summed E-state index contributed by atoms with van der Waals surface area (Å²) in [5.41, 5.74) is 2.54. The van der Waals surface area contributed by atoms with Crippen molar-refractivity contribution in [2.75, 3.05) is 31.5 Å². The molecule has 0 spiro atoms. The number of nitrogens with zero attached hydrogens (tertiary/aromatic N) is 1. The molecule has 0 radical (unpaired) electrons. The maximum Gasteiger partial charge on any atom is 0.266 e. The van der Waals surface area contributed by atoms with Crippen LogP contribution in [0.1, 0.15) is 11.1 Å². The Kier molecular flexibility index (Phi) is 8.46. The van der Waals surface area contributed by atoms with Gasteiger partial charge in [-0.15, -0.1) is 0 Å². The van der Waals surface area contributed by atoms with Gasteiger partial charge in [-0.2, -0.15) is 5.26 Å². The van der Waals surface area contributed by atoms with Crippen LogP contribution in [0.25, 0.3) is 6.08 Å². The maximum atomic E-state index is 12.6. The van der Waals surface area contributed by atoms with Crippen LogP contribution in [0.15, 0.2) is 72.3 Å². The van der Waals surface area contributed by atoms with E-state index in [2.05, 4.69) is 10.6 Å². The largest absolute Gasteiger partial charge is 0.495 e. The number of hydrogen-bond acceptors (Lipinski definition) is 6. The highest BCUT2D eigenvalue weighted by Gasteiger charge is 2.13. The van der Waals surface area contributed by atoms with Crippen molar-refractivity contribution in [3.63, 3.8) is 0 Å². The van der Waals surface area contributed by atoms with Gasteiger partial charge in [0.25, 0.3) is 11.8 Å². The summed E-state index contributed by atoms with van der Waals surface area (Å²) < 4.78 is 16.2.